The van der Waals surface area contributed by atoms with E-state index in [2.05, 4.69) is 241 Å². The second kappa shape index (κ2) is 15.0. The molecule has 0 N–H and O–H groups in total. The van der Waals surface area contributed by atoms with Gasteiger partial charge in [0.15, 0.2) is 0 Å². The first-order valence-electron chi connectivity index (χ1n) is 19.6. The molecule has 0 fully saturated rings. The van der Waals surface area contributed by atoms with Gasteiger partial charge in [-0.3, -0.25) is 0 Å². The predicted octanol–water partition coefficient (Wildman–Crippen LogP) is 15.8. The molecule has 1 nitrogen and oxygen atoms in total. The summed E-state index contributed by atoms with van der Waals surface area (Å²) in [5.41, 5.74) is 15.4. The molecule has 0 aliphatic carbocycles. The zero-order valence-electron chi connectivity index (χ0n) is 31.5. The molecule has 0 unspecified atom stereocenters. The van der Waals surface area contributed by atoms with Crippen molar-refractivity contribution in [2.45, 2.75) is 0 Å². The number of hydrogen-bond donors (Lipinski definition) is 0. The maximum absolute atomic E-state index is 2.34. The summed E-state index contributed by atoms with van der Waals surface area (Å²) in [4.78, 5) is 2.33. The molecule has 10 rings (SSSR count). The van der Waals surface area contributed by atoms with Gasteiger partial charge in [0, 0.05) is 17.1 Å². The lowest BCUT2D eigenvalue weighted by Gasteiger charge is -2.26. The van der Waals surface area contributed by atoms with E-state index in [4.69, 9.17) is 0 Å². The lowest BCUT2D eigenvalue weighted by Crippen LogP contribution is -2.09. The number of hydrogen-bond acceptors (Lipinski definition) is 1. The summed E-state index contributed by atoms with van der Waals surface area (Å²) in [6.45, 7) is 0. The summed E-state index contributed by atoms with van der Waals surface area (Å²) in [6, 6.07) is 85.6. The highest BCUT2D eigenvalue weighted by atomic mass is 15.1. The van der Waals surface area contributed by atoms with Crippen molar-refractivity contribution in [2.24, 2.45) is 0 Å². The molecule has 0 bridgehead atoms. The van der Waals surface area contributed by atoms with E-state index in [1.54, 1.807) is 0 Å². The Bertz CT molecular complexity index is 2970. The van der Waals surface area contributed by atoms with E-state index in [0.29, 0.717) is 0 Å². The zero-order valence-corrected chi connectivity index (χ0v) is 31.5. The Hall–Kier alpha value is -7.48. The van der Waals surface area contributed by atoms with Crippen molar-refractivity contribution in [3.05, 3.63) is 237 Å². The van der Waals surface area contributed by atoms with Gasteiger partial charge in [0.2, 0.25) is 0 Å². The summed E-state index contributed by atoms with van der Waals surface area (Å²) in [5.74, 6) is 0. The van der Waals surface area contributed by atoms with Crippen molar-refractivity contribution in [3.63, 3.8) is 0 Å². The Balaban J connectivity index is 0.951. The van der Waals surface area contributed by atoms with Gasteiger partial charge in [0.1, 0.15) is 0 Å². The number of para-hydroxylation sites is 1. The van der Waals surface area contributed by atoms with E-state index >= 15 is 0 Å². The number of fused-ring (bicyclic) bond motifs is 2. The SMILES string of the molecule is c1ccc(-c2cc(-c3ccc(N(c4ccccc4)c4ccc(-c5ccc(-c6ccc7ccccc7c6)cc5)cc4)cc3)ccc2-c2ccc3ccccc3c2)cc1. The lowest BCUT2D eigenvalue weighted by atomic mass is 9.90. The Kier molecular flexibility index (Phi) is 8.95. The summed E-state index contributed by atoms with van der Waals surface area (Å²) in [5, 5.41) is 5.02. The number of benzene rings is 10. The highest BCUT2D eigenvalue weighted by molar-refractivity contribution is 5.93. The molecule has 0 aliphatic rings. The third kappa shape index (κ3) is 6.88. The van der Waals surface area contributed by atoms with Gasteiger partial charge in [0.25, 0.3) is 0 Å². The molecule has 0 atom stereocenters. The van der Waals surface area contributed by atoms with Crippen LogP contribution in [-0.2, 0) is 0 Å². The first kappa shape index (κ1) is 34.0. The first-order valence-corrected chi connectivity index (χ1v) is 19.6. The maximum atomic E-state index is 2.34. The van der Waals surface area contributed by atoms with Crippen LogP contribution in [0.2, 0.25) is 0 Å². The molecule has 0 spiro atoms. The smallest absolute Gasteiger partial charge is 0.0462 e. The first-order chi connectivity index (χ1) is 28.2. The van der Waals surface area contributed by atoms with Crippen LogP contribution >= 0.6 is 0 Å². The van der Waals surface area contributed by atoms with Crippen LogP contribution in [-0.4, -0.2) is 0 Å². The summed E-state index contributed by atoms with van der Waals surface area (Å²) in [6.07, 6.45) is 0. The van der Waals surface area contributed by atoms with E-state index in [9.17, 15) is 0 Å². The fourth-order valence-corrected chi connectivity index (χ4v) is 8.04. The van der Waals surface area contributed by atoms with Crippen molar-refractivity contribution in [3.8, 4) is 55.6 Å². The maximum Gasteiger partial charge on any atom is 0.0462 e. The van der Waals surface area contributed by atoms with Crippen molar-refractivity contribution >= 4 is 38.6 Å². The van der Waals surface area contributed by atoms with Crippen LogP contribution < -0.4 is 4.90 Å². The quantitative estimate of drug-likeness (QED) is 0.151. The van der Waals surface area contributed by atoms with Crippen LogP contribution in [0.15, 0.2) is 237 Å². The molecule has 268 valence electrons. The Labute approximate surface area is 334 Å². The minimum absolute atomic E-state index is 1.11. The van der Waals surface area contributed by atoms with E-state index in [1.807, 2.05) is 0 Å². The van der Waals surface area contributed by atoms with Crippen LogP contribution in [0.25, 0.3) is 77.2 Å². The van der Waals surface area contributed by atoms with Crippen molar-refractivity contribution < 1.29 is 0 Å². The zero-order chi connectivity index (χ0) is 38.0. The molecule has 57 heavy (non-hydrogen) atoms. The molecule has 0 heterocycles. The molecular formula is C56H39N. The van der Waals surface area contributed by atoms with Crippen LogP contribution in [0.4, 0.5) is 17.1 Å². The van der Waals surface area contributed by atoms with Gasteiger partial charge in [0.05, 0.1) is 0 Å². The van der Waals surface area contributed by atoms with Crippen molar-refractivity contribution in [1.29, 1.82) is 0 Å². The predicted molar refractivity (Wildman–Crippen MR) is 243 cm³/mol. The minimum Gasteiger partial charge on any atom is -0.311 e. The highest BCUT2D eigenvalue weighted by Gasteiger charge is 2.15. The van der Waals surface area contributed by atoms with E-state index in [0.717, 1.165) is 17.1 Å². The average Bonchev–Trinajstić information content (AvgIpc) is 3.30. The topological polar surface area (TPSA) is 3.24 Å². The standard InChI is InChI=1S/C56H39N/c1-3-13-46(14-4-1)56-39-50(31-36-55(56)51-26-24-41-12-8-10-16-48(41)38-51)45-29-34-54(35-30-45)57(52-17-5-2-6-18-52)53-32-27-43(28-33-53)42-19-21-44(22-20-42)49-25-23-40-11-7-9-15-47(40)37-49/h1-39H. The summed E-state index contributed by atoms with van der Waals surface area (Å²) < 4.78 is 0. The van der Waals surface area contributed by atoms with Crippen molar-refractivity contribution in [2.75, 3.05) is 4.90 Å². The molecule has 1 heteroatoms. The Morgan fingerprint density at radius 2 is 0.561 bits per heavy atom. The largest absolute Gasteiger partial charge is 0.311 e. The van der Waals surface area contributed by atoms with Gasteiger partial charge in [-0.05, 0) is 132 Å². The number of rotatable bonds is 8. The molecule has 0 saturated heterocycles. The van der Waals surface area contributed by atoms with Gasteiger partial charge in [-0.15, -0.1) is 0 Å². The van der Waals surface area contributed by atoms with Gasteiger partial charge in [-0.25, -0.2) is 0 Å². The molecule has 0 radical (unpaired) electrons. The second-order valence-corrected chi connectivity index (χ2v) is 14.6. The summed E-state index contributed by atoms with van der Waals surface area (Å²) in [7, 11) is 0. The molecule has 0 aromatic heterocycles. The monoisotopic (exact) mass is 725 g/mol. The molecule has 0 aliphatic heterocycles. The lowest BCUT2D eigenvalue weighted by molar-refractivity contribution is 1.28. The normalized spacial score (nSPS) is 11.2. The number of anilines is 3. The van der Waals surface area contributed by atoms with Gasteiger partial charge >= 0.3 is 0 Å². The molecular weight excluding hydrogens is 687 g/mol. The van der Waals surface area contributed by atoms with Crippen LogP contribution in [0, 0.1) is 0 Å². The Morgan fingerprint density at radius 1 is 0.193 bits per heavy atom. The van der Waals surface area contributed by atoms with E-state index in [-0.39, 0.29) is 0 Å². The number of nitrogens with zero attached hydrogens (tertiary/aromatic N) is 1. The van der Waals surface area contributed by atoms with Gasteiger partial charge in [-0.1, -0.05) is 182 Å². The van der Waals surface area contributed by atoms with E-state index < -0.39 is 0 Å². The Morgan fingerprint density at radius 3 is 1.12 bits per heavy atom. The fourth-order valence-electron chi connectivity index (χ4n) is 8.04. The molecule has 10 aromatic rings. The molecule has 10 aromatic carbocycles. The van der Waals surface area contributed by atoms with Gasteiger partial charge in [-0.2, -0.15) is 0 Å². The second-order valence-electron chi connectivity index (χ2n) is 14.6. The molecule has 0 saturated carbocycles. The van der Waals surface area contributed by atoms with Crippen molar-refractivity contribution in [1.82, 2.24) is 0 Å². The van der Waals surface area contributed by atoms with Gasteiger partial charge < -0.3 is 4.90 Å². The van der Waals surface area contributed by atoms with E-state index in [1.165, 1.54) is 77.2 Å². The fraction of sp³-hybridized carbons (Fsp3) is 0. The third-order valence-corrected chi connectivity index (χ3v) is 11.1. The third-order valence-electron chi connectivity index (χ3n) is 11.1. The highest BCUT2D eigenvalue weighted by Crippen LogP contribution is 2.40. The van der Waals surface area contributed by atoms with Crippen LogP contribution in [0.1, 0.15) is 0 Å². The molecule has 0 amide bonds. The summed E-state index contributed by atoms with van der Waals surface area (Å²) >= 11 is 0. The van der Waals surface area contributed by atoms with Crippen LogP contribution in [0.5, 0.6) is 0 Å². The minimum atomic E-state index is 1.11. The van der Waals surface area contributed by atoms with Crippen LogP contribution in [0.3, 0.4) is 0 Å². The average molecular weight is 726 g/mol.